The molecule has 41 heavy (non-hydrogen) atoms. The van der Waals surface area contributed by atoms with Crippen LogP contribution in [-0.4, -0.2) is 62.0 Å². The second-order valence-corrected chi connectivity index (χ2v) is 12.0. The van der Waals surface area contributed by atoms with Crippen LogP contribution in [-0.2, 0) is 25.0 Å². The zero-order valence-corrected chi connectivity index (χ0v) is 23.8. The number of nitrogens with one attached hydrogen (secondary N) is 2. The number of carbonyl (C=O) groups excluding carboxylic acids is 2. The highest BCUT2D eigenvalue weighted by atomic mass is 32.2. The van der Waals surface area contributed by atoms with Gasteiger partial charge in [0.1, 0.15) is 0 Å². The van der Waals surface area contributed by atoms with Gasteiger partial charge in [0.15, 0.2) is 0 Å². The Morgan fingerprint density at radius 3 is 1.95 bits per heavy atom. The Labute approximate surface area is 237 Å². The monoisotopic (exact) mass is 597 g/mol. The standard InChI is InChI=1S/C26H33N3O4S.C2HF3O2/c1-5-16-27-24(30)19-14-17-29(18-15-19)25(31)20-6-10-22(11-7-20)28-34(32,33)23-12-8-21(9-13-23)26(2,3)4;3-2(4,5)1(6)7/h5-13,19,28H,1,14-18H2,2-4H3,(H,27,30);(H,6,7). The first kappa shape index (κ1) is 33.3. The van der Waals surface area contributed by atoms with E-state index in [9.17, 15) is 31.2 Å². The van der Waals surface area contributed by atoms with Gasteiger partial charge in [-0.2, -0.15) is 13.2 Å². The van der Waals surface area contributed by atoms with Crippen molar-refractivity contribution in [2.75, 3.05) is 24.4 Å². The van der Waals surface area contributed by atoms with Crippen LogP contribution in [0, 0.1) is 5.92 Å². The largest absolute Gasteiger partial charge is 0.490 e. The SMILES string of the molecule is C=CCNC(=O)C1CCN(C(=O)c2ccc(NS(=O)(=O)c3ccc(C(C)(C)C)cc3)cc2)CC1.O=C(O)C(F)(F)F. The second-order valence-electron chi connectivity index (χ2n) is 10.4. The van der Waals surface area contributed by atoms with Gasteiger partial charge in [-0.05, 0) is 60.2 Å². The number of likely N-dealkylation sites (tertiary alicyclic amines) is 1. The number of sulfonamides is 1. The molecule has 13 heteroatoms. The first-order chi connectivity index (χ1) is 19.0. The van der Waals surface area contributed by atoms with E-state index in [-0.39, 0.29) is 28.0 Å². The minimum atomic E-state index is -5.08. The number of piperidine rings is 1. The summed E-state index contributed by atoms with van der Waals surface area (Å²) < 4.78 is 59.8. The molecule has 3 N–H and O–H groups in total. The van der Waals surface area contributed by atoms with Crippen molar-refractivity contribution in [2.45, 2.75) is 50.1 Å². The number of carbonyl (C=O) groups is 3. The number of hydrogen-bond donors (Lipinski definition) is 3. The Morgan fingerprint density at radius 2 is 1.51 bits per heavy atom. The fraction of sp³-hybridized carbons (Fsp3) is 0.393. The van der Waals surface area contributed by atoms with Gasteiger partial charge in [0.25, 0.3) is 15.9 Å². The number of hydrogen-bond acceptors (Lipinski definition) is 5. The van der Waals surface area contributed by atoms with E-state index in [4.69, 9.17) is 9.90 Å². The predicted octanol–water partition coefficient (Wildman–Crippen LogP) is 4.57. The smallest absolute Gasteiger partial charge is 0.475 e. The fourth-order valence-electron chi connectivity index (χ4n) is 3.87. The van der Waals surface area contributed by atoms with Crippen LogP contribution in [0.2, 0.25) is 0 Å². The Balaban J connectivity index is 0.000000745. The van der Waals surface area contributed by atoms with E-state index in [1.54, 1.807) is 47.4 Å². The van der Waals surface area contributed by atoms with Crippen LogP contribution in [0.4, 0.5) is 18.9 Å². The molecule has 1 saturated heterocycles. The van der Waals surface area contributed by atoms with Crippen molar-refractivity contribution in [3.05, 3.63) is 72.3 Å². The third kappa shape index (κ3) is 9.92. The van der Waals surface area contributed by atoms with E-state index in [1.165, 1.54) is 0 Å². The zero-order valence-electron chi connectivity index (χ0n) is 23.0. The Hall–Kier alpha value is -3.87. The molecule has 2 amide bonds. The van der Waals surface area contributed by atoms with Crippen LogP contribution in [0.3, 0.4) is 0 Å². The van der Waals surface area contributed by atoms with Crippen LogP contribution >= 0.6 is 0 Å². The summed E-state index contributed by atoms with van der Waals surface area (Å²) in [6, 6.07) is 13.3. The Kier molecular flexibility index (Phi) is 11.1. The number of nitrogens with zero attached hydrogens (tertiary/aromatic N) is 1. The van der Waals surface area contributed by atoms with Crippen molar-refractivity contribution in [1.82, 2.24) is 10.2 Å². The molecule has 0 spiro atoms. The van der Waals surface area contributed by atoms with E-state index in [0.29, 0.717) is 43.7 Å². The van der Waals surface area contributed by atoms with Crippen molar-refractivity contribution >= 4 is 33.5 Å². The summed E-state index contributed by atoms with van der Waals surface area (Å²) in [5, 5.41) is 9.93. The lowest BCUT2D eigenvalue weighted by Crippen LogP contribution is -2.43. The van der Waals surface area contributed by atoms with Crippen molar-refractivity contribution in [3.63, 3.8) is 0 Å². The van der Waals surface area contributed by atoms with Gasteiger partial charge < -0.3 is 15.3 Å². The van der Waals surface area contributed by atoms with Gasteiger partial charge in [0.2, 0.25) is 5.91 Å². The highest BCUT2D eigenvalue weighted by Gasteiger charge is 2.38. The average Bonchev–Trinajstić information content (AvgIpc) is 2.91. The number of anilines is 1. The lowest BCUT2D eigenvalue weighted by atomic mass is 9.87. The first-order valence-electron chi connectivity index (χ1n) is 12.7. The number of rotatable bonds is 7. The summed E-state index contributed by atoms with van der Waals surface area (Å²) in [4.78, 5) is 35.8. The number of alkyl halides is 3. The molecule has 0 radical (unpaired) electrons. The molecule has 224 valence electrons. The Morgan fingerprint density at radius 1 is 1.00 bits per heavy atom. The summed E-state index contributed by atoms with van der Waals surface area (Å²) in [5.74, 6) is -2.99. The van der Waals surface area contributed by atoms with Crippen molar-refractivity contribution in [2.24, 2.45) is 5.92 Å². The number of carboxylic acids is 1. The molecule has 0 saturated carbocycles. The van der Waals surface area contributed by atoms with E-state index in [1.807, 2.05) is 12.1 Å². The molecule has 0 bridgehead atoms. The van der Waals surface area contributed by atoms with Gasteiger partial charge >= 0.3 is 12.1 Å². The predicted molar refractivity (Wildman–Crippen MR) is 148 cm³/mol. The minimum absolute atomic E-state index is 0.00307. The number of amides is 2. The zero-order chi connectivity index (χ0) is 31.0. The normalized spacial score (nSPS) is 14.3. The van der Waals surface area contributed by atoms with E-state index in [2.05, 4.69) is 37.4 Å². The molecule has 1 aliphatic rings. The van der Waals surface area contributed by atoms with Crippen molar-refractivity contribution < 1.29 is 41.1 Å². The molecule has 0 atom stereocenters. The van der Waals surface area contributed by atoms with Gasteiger partial charge in [-0.1, -0.05) is 39.0 Å². The molecule has 1 fully saturated rings. The fourth-order valence-corrected chi connectivity index (χ4v) is 4.93. The molecule has 1 aliphatic heterocycles. The quantitative estimate of drug-likeness (QED) is 0.401. The number of benzene rings is 2. The second kappa shape index (κ2) is 13.7. The average molecular weight is 598 g/mol. The van der Waals surface area contributed by atoms with Gasteiger partial charge in [-0.3, -0.25) is 14.3 Å². The maximum atomic E-state index is 12.9. The third-order valence-corrected chi connectivity index (χ3v) is 7.63. The lowest BCUT2D eigenvalue weighted by molar-refractivity contribution is -0.192. The number of halogens is 3. The van der Waals surface area contributed by atoms with Crippen molar-refractivity contribution in [1.29, 1.82) is 0 Å². The molecule has 0 aliphatic carbocycles. The molecule has 1 heterocycles. The van der Waals surface area contributed by atoms with E-state index < -0.39 is 22.2 Å². The van der Waals surface area contributed by atoms with Crippen LogP contribution in [0.5, 0.6) is 0 Å². The maximum absolute atomic E-state index is 12.9. The molecule has 0 aromatic heterocycles. The topological polar surface area (TPSA) is 133 Å². The van der Waals surface area contributed by atoms with Crippen LogP contribution in [0.15, 0.2) is 66.1 Å². The summed E-state index contributed by atoms with van der Waals surface area (Å²) in [6.07, 6.45) is -2.22. The molecule has 9 nitrogen and oxygen atoms in total. The van der Waals surface area contributed by atoms with Crippen LogP contribution in [0.1, 0.15) is 49.5 Å². The molecular weight excluding hydrogens is 563 g/mol. The van der Waals surface area contributed by atoms with E-state index in [0.717, 1.165) is 5.56 Å². The summed E-state index contributed by atoms with van der Waals surface area (Å²) in [6.45, 7) is 11.3. The number of carboxylic acid groups (broad SMARTS) is 1. The molecular formula is C28H34F3N3O6S. The number of aliphatic carboxylic acids is 1. The van der Waals surface area contributed by atoms with Gasteiger partial charge in [0, 0.05) is 36.8 Å². The third-order valence-electron chi connectivity index (χ3n) is 6.23. The Bertz CT molecular complexity index is 1330. The molecule has 2 aromatic rings. The summed E-state index contributed by atoms with van der Waals surface area (Å²) in [5.41, 5.74) is 1.85. The van der Waals surface area contributed by atoms with Crippen molar-refractivity contribution in [3.8, 4) is 0 Å². The molecule has 0 unspecified atom stereocenters. The highest BCUT2D eigenvalue weighted by molar-refractivity contribution is 7.92. The summed E-state index contributed by atoms with van der Waals surface area (Å²) in [7, 11) is -3.74. The summed E-state index contributed by atoms with van der Waals surface area (Å²) >= 11 is 0. The van der Waals surface area contributed by atoms with Gasteiger partial charge in [0.05, 0.1) is 4.90 Å². The van der Waals surface area contributed by atoms with E-state index >= 15 is 0 Å². The van der Waals surface area contributed by atoms with Crippen LogP contribution in [0.25, 0.3) is 0 Å². The minimum Gasteiger partial charge on any atom is -0.475 e. The van der Waals surface area contributed by atoms with Gasteiger partial charge in [-0.15, -0.1) is 6.58 Å². The van der Waals surface area contributed by atoms with Crippen LogP contribution < -0.4 is 10.0 Å². The maximum Gasteiger partial charge on any atom is 0.490 e. The van der Waals surface area contributed by atoms with Gasteiger partial charge in [-0.25, -0.2) is 13.2 Å². The highest BCUT2D eigenvalue weighted by Crippen LogP contribution is 2.25. The first-order valence-corrected chi connectivity index (χ1v) is 14.2. The molecule has 3 rings (SSSR count). The lowest BCUT2D eigenvalue weighted by Gasteiger charge is -2.31. The molecule has 2 aromatic carbocycles.